The van der Waals surface area contributed by atoms with Crippen LogP contribution in [0.2, 0.25) is 0 Å². The largest absolute Gasteiger partial charge is 0.502 e. The smallest absolute Gasteiger partial charge is 0.310 e. The van der Waals surface area contributed by atoms with E-state index >= 15 is 0 Å². The van der Waals surface area contributed by atoms with E-state index in [4.69, 9.17) is 0 Å². The van der Waals surface area contributed by atoms with Crippen LogP contribution >= 0.6 is 0 Å². The van der Waals surface area contributed by atoms with Gasteiger partial charge >= 0.3 is 5.69 Å². The van der Waals surface area contributed by atoms with Crippen LogP contribution in [-0.2, 0) is 0 Å². The zero-order chi connectivity index (χ0) is 21.6. The van der Waals surface area contributed by atoms with Crippen molar-refractivity contribution < 1.29 is 10.0 Å². The van der Waals surface area contributed by atoms with Gasteiger partial charge in [-0.2, -0.15) is 0 Å². The predicted molar refractivity (Wildman–Crippen MR) is 125 cm³/mol. The van der Waals surface area contributed by atoms with Crippen molar-refractivity contribution in [3.05, 3.63) is 124 Å². The monoisotopic (exact) mass is 408 g/mol. The number of nitro benzene ring substituents is 1. The zero-order valence-corrected chi connectivity index (χ0v) is 16.6. The molecule has 0 amide bonds. The second kappa shape index (κ2) is 8.97. The summed E-state index contributed by atoms with van der Waals surface area (Å²) in [6.07, 6.45) is 3.71. The first-order chi connectivity index (χ1) is 15.1. The predicted octanol–water partition coefficient (Wildman–Crippen LogP) is 6.94. The van der Waals surface area contributed by atoms with E-state index in [1.807, 2.05) is 72.8 Å². The second-order valence-electron chi connectivity index (χ2n) is 6.94. The van der Waals surface area contributed by atoms with E-state index in [-0.39, 0.29) is 11.4 Å². The maximum atomic E-state index is 10.8. The average molecular weight is 408 g/mol. The first-order valence-corrected chi connectivity index (χ1v) is 9.77. The van der Waals surface area contributed by atoms with E-state index in [1.54, 1.807) is 6.07 Å². The third-order valence-corrected chi connectivity index (χ3v) is 4.84. The van der Waals surface area contributed by atoms with Crippen molar-refractivity contribution >= 4 is 34.9 Å². The summed E-state index contributed by atoms with van der Waals surface area (Å²) in [5.41, 5.74) is 4.52. The Morgan fingerprint density at radius 1 is 0.677 bits per heavy atom. The van der Waals surface area contributed by atoms with Gasteiger partial charge in [0.2, 0.25) is 0 Å². The van der Waals surface area contributed by atoms with Crippen molar-refractivity contribution in [2.75, 3.05) is 4.90 Å². The molecule has 0 unspecified atom stereocenters. The number of hydrogen-bond acceptors (Lipinski definition) is 4. The quantitative estimate of drug-likeness (QED) is 0.213. The first kappa shape index (κ1) is 19.9. The maximum absolute atomic E-state index is 10.8. The summed E-state index contributed by atoms with van der Waals surface area (Å²) in [6, 6.07) is 32.8. The molecule has 0 aliphatic heterocycles. The van der Waals surface area contributed by atoms with Crippen LogP contribution in [0, 0.1) is 10.1 Å². The van der Waals surface area contributed by atoms with E-state index in [9.17, 15) is 15.2 Å². The lowest BCUT2D eigenvalue weighted by Gasteiger charge is -2.25. The molecule has 0 saturated heterocycles. The Hall–Kier alpha value is -4.38. The maximum Gasteiger partial charge on any atom is 0.310 e. The second-order valence-corrected chi connectivity index (χ2v) is 6.94. The van der Waals surface area contributed by atoms with Crippen LogP contribution in [-0.4, -0.2) is 10.0 Å². The average Bonchev–Trinajstić information content (AvgIpc) is 2.80. The Labute approximate surface area is 180 Å². The SMILES string of the molecule is O=[N+]([O-])c1ccc(C=Cc2ccc(N(c3ccccc3)c3ccccc3)cc2)cc1O. The Balaban J connectivity index is 1.60. The lowest BCUT2D eigenvalue weighted by molar-refractivity contribution is -0.385. The van der Waals surface area contributed by atoms with Crippen LogP contribution in [0.25, 0.3) is 12.2 Å². The highest BCUT2D eigenvalue weighted by Crippen LogP contribution is 2.34. The fourth-order valence-corrected chi connectivity index (χ4v) is 3.33. The van der Waals surface area contributed by atoms with Crippen molar-refractivity contribution in [3.63, 3.8) is 0 Å². The fourth-order valence-electron chi connectivity index (χ4n) is 3.33. The van der Waals surface area contributed by atoms with Gasteiger partial charge in [0, 0.05) is 23.1 Å². The molecule has 0 aliphatic carbocycles. The van der Waals surface area contributed by atoms with E-state index in [1.165, 1.54) is 12.1 Å². The van der Waals surface area contributed by atoms with Crippen molar-refractivity contribution in [1.82, 2.24) is 0 Å². The lowest BCUT2D eigenvalue weighted by Crippen LogP contribution is -2.09. The molecule has 0 aliphatic rings. The minimum absolute atomic E-state index is 0.302. The highest BCUT2D eigenvalue weighted by Gasteiger charge is 2.12. The number of phenolic OH excluding ortho intramolecular Hbond substituents is 1. The van der Waals surface area contributed by atoms with Crippen LogP contribution in [0.4, 0.5) is 22.7 Å². The molecule has 5 nitrogen and oxygen atoms in total. The molecule has 4 aromatic rings. The van der Waals surface area contributed by atoms with E-state index < -0.39 is 4.92 Å². The minimum atomic E-state index is -0.604. The molecule has 0 bridgehead atoms. The summed E-state index contributed by atoms with van der Waals surface area (Å²) in [4.78, 5) is 12.4. The van der Waals surface area contributed by atoms with Crippen molar-refractivity contribution in [1.29, 1.82) is 0 Å². The highest BCUT2D eigenvalue weighted by atomic mass is 16.6. The van der Waals surface area contributed by atoms with Gasteiger partial charge in [-0.25, -0.2) is 0 Å². The highest BCUT2D eigenvalue weighted by molar-refractivity contribution is 5.78. The Morgan fingerprint density at radius 3 is 1.68 bits per heavy atom. The number of hydrogen-bond donors (Lipinski definition) is 1. The summed E-state index contributed by atoms with van der Waals surface area (Å²) >= 11 is 0. The van der Waals surface area contributed by atoms with Crippen molar-refractivity contribution in [2.24, 2.45) is 0 Å². The molecular formula is C26H20N2O3. The third-order valence-electron chi connectivity index (χ3n) is 4.84. The summed E-state index contributed by atoms with van der Waals surface area (Å²) in [7, 11) is 0. The van der Waals surface area contributed by atoms with Crippen LogP contribution in [0.5, 0.6) is 5.75 Å². The standard InChI is InChI=1S/C26H20N2O3/c29-26-19-21(15-18-25(26)28(30)31)12-11-20-13-16-24(17-14-20)27(22-7-3-1-4-8-22)23-9-5-2-6-10-23/h1-19,29H. The molecule has 0 radical (unpaired) electrons. The van der Waals surface area contributed by atoms with Gasteiger partial charge in [0.15, 0.2) is 5.75 Å². The van der Waals surface area contributed by atoms with Gasteiger partial charge in [-0.05, 0) is 59.7 Å². The van der Waals surface area contributed by atoms with Gasteiger partial charge in [-0.15, -0.1) is 0 Å². The zero-order valence-electron chi connectivity index (χ0n) is 16.6. The van der Waals surface area contributed by atoms with Gasteiger partial charge in [-0.1, -0.05) is 60.7 Å². The molecule has 31 heavy (non-hydrogen) atoms. The molecule has 0 saturated carbocycles. The topological polar surface area (TPSA) is 66.6 Å². The summed E-state index contributed by atoms with van der Waals surface area (Å²) in [5, 5.41) is 20.6. The molecule has 0 aromatic heterocycles. The van der Waals surface area contributed by atoms with Gasteiger partial charge in [-0.3, -0.25) is 10.1 Å². The molecule has 0 fully saturated rings. The Morgan fingerprint density at radius 2 is 1.16 bits per heavy atom. The van der Waals surface area contributed by atoms with Crippen molar-refractivity contribution in [3.8, 4) is 5.75 Å². The molecule has 4 aromatic carbocycles. The van der Waals surface area contributed by atoms with Crippen LogP contribution < -0.4 is 4.90 Å². The third kappa shape index (κ3) is 4.62. The molecule has 5 heteroatoms. The molecular weight excluding hydrogens is 388 g/mol. The normalized spacial score (nSPS) is 10.8. The van der Waals surface area contributed by atoms with E-state index in [0.717, 1.165) is 22.6 Å². The Bertz CT molecular complexity index is 1170. The molecule has 0 spiro atoms. The van der Waals surface area contributed by atoms with Gasteiger partial charge < -0.3 is 10.0 Å². The molecule has 152 valence electrons. The van der Waals surface area contributed by atoms with E-state index in [2.05, 4.69) is 29.2 Å². The lowest BCUT2D eigenvalue weighted by atomic mass is 10.1. The van der Waals surface area contributed by atoms with E-state index in [0.29, 0.717) is 5.56 Å². The van der Waals surface area contributed by atoms with Crippen molar-refractivity contribution in [2.45, 2.75) is 0 Å². The molecule has 0 heterocycles. The molecule has 0 atom stereocenters. The van der Waals surface area contributed by atoms with Gasteiger partial charge in [0.1, 0.15) is 0 Å². The molecule has 1 N–H and O–H groups in total. The number of rotatable bonds is 6. The first-order valence-electron chi connectivity index (χ1n) is 9.77. The Kier molecular flexibility index (Phi) is 5.76. The number of phenols is 1. The summed E-state index contributed by atoms with van der Waals surface area (Å²) in [5.74, 6) is -0.344. The number of para-hydroxylation sites is 2. The number of nitrogens with zero attached hydrogens (tertiary/aromatic N) is 2. The minimum Gasteiger partial charge on any atom is -0.502 e. The summed E-state index contributed by atoms with van der Waals surface area (Å²) < 4.78 is 0. The molecule has 4 rings (SSSR count). The van der Waals surface area contributed by atoms with Crippen LogP contribution in [0.3, 0.4) is 0 Å². The van der Waals surface area contributed by atoms with Crippen LogP contribution in [0.1, 0.15) is 11.1 Å². The summed E-state index contributed by atoms with van der Waals surface area (Å²) in [6.45, 7) is 0. The number of nitro groups is 1. The number of anilines is 3. The number of benzene rings is 4. The van der Waals surface area contributed by atoms with Gasteiger partial charge in [0.25, 0.3) is 0 Å². The number of aromatic hydroxyl groups is 1. The van der Waals surface area contributed by atoms with Gasteiger partial charge in [0.05, 0.1) is 4.92 Å². The fraction of sp³-hybridized carbons (Fsp3) is 0. The van der Waals surface area contributed by atoms with Crippen LogP contribution in [0.15, 0.2) is 103 Å².